The van der Waals surface area contributed by atoms with Crippen molar-refractivity contribution in [2.75, 3.05) is 11.9 Å². The van der Waals surface area contributed by atoms with E-state index in [-0.39, 0.29) is 5.69 Å². The first-order valence-corrected chi connectivity index (χ1v) is 6.60. The molecule has 0 aliphatic carbocycles. The molecule has 1 aliphatic heterocycles. The van der Waals surface area contributed by atoms with E-state index in [9.17, 15) is 13.2 Å². The Hall–Kier alpha value is -1.17. The fourth-order valence-corrected chi connectivity index (χ4v) is 2.83. The van der Waals surface area contributed by atoms with Crippen LogP contribution in [-0.4, -0.2) is 17.0 Å². The van der Waals surface area contributed by atoms with Crippen molar-refractivity contribution in [2.45, 2.75) is 25.0 Å². The molecule has 0 saturated carbocycles. The number of amidine groups is 1. The second kappa shape index (κ2) is 5.65. The number of rotatable bonds is 3. The van der Waals surface area contributed by atoms with E-state index in [1.165, 1.54) is 11.8 Å². The summed E-state index contributed by atoms with van der Waals surface area (Å²) < 4.78 is 39.2. The van der Waals surface area contributed by atoms with Crippen molar-refractivity contribution >= 4 is 22.6 Å². The first kappa shape index (κ1) is 13.3. The van der Waals surface area contributed by atoms with Crippen molar-refractivity contribution < 1.29 is 13.2 Å². The van der Waals surface area contributed by atoms with Crippen LogP contribution in [0.5, 0.6) is 0 Å². The Morgan fingerprint density at radius 2 is 2.00 bits per heavy atom. The van der Waals surface area contributed by atoms with Crippen LogP contribution in [0.25, 0.3) is 0 Å². The zero-order chi connectivity index (χ0) is 13.1. The van der Waals surface area contributed by atoms with Crippen LogP contribution in [-0.2, 0) is 0 Å². The van der Waals surface area contributed by atoms with Crippen LogP contribution in [0.1, 0.15) is 19.8 Å². The van der Waals surface area contributed by atoms with Gasteiger partial charge in [0.1, 0.15) is 5.82 Å². The van der Waals surface area contributed by atoms with Gasteiger partial charge >= 0.3 is 0 Å². The molecule has 18 heavy (non-hydrogen) atoms. The molecule has 1 N–H and O–H groups in total. The number of aliphatic imine (C=N–C) groups is 1. The topological polar surface area (TPSA) is 24.4 Å². The Balaban J connectivity index is 2.05. The Morgan fingerprint density at radius 1 is 1.28 bits per heavy atom. The lowest BCUT2D eigenvalue weighted by molar-refractivity contribution is 0.496. The van der Waals surface area contributed by atoms with Gasteiger partial charge in [-0.1, -0.05) is 25.1 Å². The molecule has 0 bridgehead atoms. The molecule has 0 fully saturated rings. The highest BCUT2D eigenvalue weighted by Gasteiger charge is 2.20. The summed E-state index contributed by atoms with van der Waals surface area (Å²) in [6, 6.07) is 1.34. The fourth-order valence-electron chi connectivity index (χ4n) is 1.69. The van der Waals surface area contributed by atoms with Crippen LogP contribution in [0.4, 0.5) is 18.9 Å². The van der Waals surface area contributed by atoms with Crippen LogP contribution in [0.15, 0.2) is 17.1 Å². The highest BCUT2D eigenvalue weighted by atomic mass is 32.2. The number of thioether (sulfide) groups is 1. The van der Waals surface area contributed by atoms with Crippen LogP contribution < -0.4 is 5.32 Å². The molecule has 0 spiro atoms. The lowest BCUT2D eigenvalue weighted by Gasteiger charge is -2.09. The van der Waals surface area contributed by atoms with Gasteiger partial charge < -0.3 is 5.32 Å². The predicted octanol–water partition coefficient (Wildman–Crippen LogP) is 3.79. The van der Waals surface area contributed by atoms with Crippen molar-refractivity contribution in [3.05, 3.63) is 29.6 Å². The van der Waals surface area contributed by atoms with Crippen molar-refractivity contribution in [1.29, 1.82) is 0 Å². The molecule has 0 amide bonds. The molecule has 0 aromatic heterocycles. The van der Waals surface area contributed by atoms with Crippen LogP contribution in [0, 0.1) is 17.5 Å². The van der Waals surface area contributed by atoms with Crippen molar-refractivity contribution in [2.24, 2.45) is 4.99 Å². The minimum absolute atomic E-state index is 0.0858. The molecule has 1 aromatic rings. The Labute approximate surface area is 108 Å². The fraction of sp³-hybridized carbons (Fsp3) is 0.417. The van der Waals surface area contributed by atoms with Gasteiger partial charge in [0.2, 0.25) is 0 Å². The standard InChI is InChI=1S/C12H13F3N2S/c1-2-3-7-6-16-12(18-7)17-11-5-9(14)8(13)4-10(11)15/h4-5,7H,2-3,6H2,1H3,(H,16,17). The molecule has 2 nitrogen and oxygen atoms in total. The lowest BCUT2D eigenvalue weighted by Crippen LogP contribution is -2.09. The van der Waals surface area contributed by atoms with Crippen molar-refractivity contribution in [3.8, 4) is 0 Å². The predicted molar refractivity (Wildman–Crippen MR) is 68.5 cm³/mol. The average Bonchev–Trinajstić information content (AvgIpc) is 2.74. The molecule has 98 valence electrons. The molecule has 0 radical (unpaired) electrons. The summed E-state index contributed by atoms with van der Waals surface area (Å²) in [4.78, 5) is 4.21. The summed E-state index contributed by atoms with van der Waals surface area (Å²) in [5.41, 5.74) is -0.0858. The van der Waals surface area contributed by atoms with Gasteiger partial charge in [0, 0.05) is 17.4 Å². The third-order valence-electron chi connectivity index (χ3n) is 2.58. The maximum Gasteiger partial charge on any atom is 0.161 e. The van der Waals surface area contributed by atoms with Crippen molar-refractivity contribution in [3.63, 3.8) is 0 Å². The van der Waals surface area contributed by atoms with E-state index in [2.05, 4.69) is 17.2 Å². The van der Waals surface area contributed by atoms with E-state index in [4.69, 9.17) is 0 Å². The summed E-state index contributed by atoms with van der Waals surface area (Å²) >= 11 is 1.50. The van der Waals surface area contributed by atoms with Crippen molar-refractivity contribution in [1.82, 2.24) is 0 Å². The molecule has 1 atom stereocenters. The van der Waals surface area contributed by atoms with Gasteiger partial charge in [0.15, 0.2) is 16.8 Å². The van der Waals surface area contributed by atoms with E-state index < -0.39 is 17.5 Å². The Kier molecular flexibility index (Phi) is 4.16. The third-order valence-corrected chi connectivity index (χ3v) is 3.75. The molecular weight excluding hydrogens is 261 g/mol. The maximum absolute atomic E-state index is 13.4. The number of nitrogens with zero attached hydrogens (tertiary/aromatic N) is 1. The molecule has 1 aliphatic rings. The molecular formula is C12H13F3N2S. The van der Waals surface area contributed by atoms with Gasteiger partial charge in [-0.3, -0.25) is 4.99 Å². The van der Waals surface area contributed by atoms with Crippen LogP contribution >= 0.6 is 11.8 Å². The molecule has 6 heteroatoms. The number of hydrogen-bond acceptors (Lipinski definition) is 3. The molecule has 1 unspecified atom stereocenters. The zero-order valence-electron chi connectivity index (χ0n) is 9.84. The van der Waals surface area contributed by atoms with Gasteiger partial charge in [-0.25, -0.2) is 13.2 Å². The van der Waals surface area contributed by atoms with Gasteiger partial charge in [0.25, 0.3) is 0 Å². The smallest absolute Gasteiger partial charge is 0.161 e. The largest absolute Gasteiger partial charge is 0.332 e. The van der Waals surface area contributed by atoms with Crippen LogP contribution in [0.2, 0.25) is 0 Å². The highest BCUT2D eigenvalue weighted by molar-refractivity contribution is 8.15. The molecule has 2 rings (SSSR count). The summed E-state index contributed by atoms with van der Waals surface area (Å²) in [6.07, 6.45) is 2.08. The molecule has 1 heterocycles. The lowest BCUT2D eigenvalue weighted by atomic mass is 10.2. The summed E-state index contributed by atoms with van der Waals surface area (Å²) in [5.74, 6) is -3.09. The van der Waals surface area contributed by atoms with Gasteiger partial charge in [-0.15, -0.1) is 0 Å². The normalized spacial score (nSPS) is 18.9. The highest BCUT2D eigenvalue weighted by Crippen LogP contribution is 2.27. The summed E-state index contributed by atoms with van der Waals surface area (Å²) in [7, 11) is 0. The Morgan fingerprint density at radius 3 is 2.72 bits per heavy atom. The van der Waals surface area contributed by atoms with E-state index in [1.54, 1.807) is 0 Å². The van der Waals surface area contributed by atoms with Gasteiger partial charge in [0.05, 0.1) is 12.2 Å². The number of nitrogens with one attached hydrogen (secondary N) is 1. The van der Waals surface area contributed by atoms with E-state index >= 15 is 0 Å². The first-order chi connectivity index (χ1) is 8.60. The minimum Gasteiger partial charge on any atom is -0.332 e. The molecule has 1 aromatic carbocycles. The molecule has 0 saturated heterocycles. The average molecular weight is 274 g/mol. The minimum atomic E-state index is -1.19. The van der Waals surface area contributed by atoms with E-state index in [1.807, 2.05) is 0 Å². The quantitative estimate of drug-likeness (QED) is 0.848. The van der Waals surface area contributed by atoms with Crippen LogP contribution in [0.3, 0.4) is 0 Å². The number of halogens is 3. The summed E-state index contributed by atoms with van der Waals surface area (Å²) in [5, 5.41) is 3.63. The Bertz CT molecular complexity index is 477. The van der Waals surface area contributed by atoms with E-state index in [0.29, 0.717) is 23.0 Å². The third kappa shape index (κ3) is 2.98. The van der Waals surface area contributed by atoms with Gasteiger partial charge in [-0.2, -0.15) is 0 Å². The SMILES string of the molecule is CCCC1CN=C(Nc2cc(F)c(F)cc2F)S1. The van der Waals surface area contributed by atoms with Gasteiger partial charge in [-0.05, 0) is 6.42 Å². The summed E-state index contributed by atoms with van der Waals surface area (Å²) in [6.45, 7) is 2.76. The number of hydrogen-bond donors (Lipinski definition) is 1. The second-order valence-electron chi connectivity index (χ2n) is 4.05. The number of anilines is 1. The maximum atomic E-state index is 13.4. The zero-order valence-corrected chi connectivity index (χ0v) is 10.7. The van der Waals surface area contributed by atoms with E-state index in [0.717, 1.165) is 18.9 Å². The second-order valence-corrected chi connectivity index (χ2v) is 5.33. The monoisotopic (exact) mass is 274 g/mol. The first-order valence-electron chi connectivity index (χ1n) is 5.72. The number of benzene rings is 1.